The molecule has 3 N–H and O–H groups in total. The predicted molar refractivity (Wildman–Crippen MR) is 61.0 cm³/mol. The number of nitrogens with one attached hydrogen (secondary N) is 2. The summed E-state index contributed by atoms with van der Waals surface area (Å²) in [6.45, 7) is 5.21. The average molecular weight is 210 g/mol. The molecule has 0 spiro atoms. The van der Waals surface area contributed by atoms with Gasteiger partial charge in [0.15, 0.2) is 0 Å². The Morgan fingerprint density at radius 1 is 1.33 bits per heavy atom. The lowest BCUT2D eigenvalue weighted by Crippen LogP contribution is -2.16. The Bertz CT molecular complexity index is 291. The number of hydrogen-bond acceptors (Lipinski definition) is 5. The lowest BCUT2D eigenvalue weighted by atomic mass is 10.4. The largest absolute Gasteiger partial charge is 0.392 e. The first-order valence-corrected chi connectivity index (χ1v) is 5.20. The lowest BCUT2D eigenvalue weighted by Gasteiger charge is -2.09. The van der Waals surface area contributed by atoms with E-state index in [1.807, 2.05) is 6.07 Å². The van der Waals surface area contributed by atoms with E-state index < -0.39 is 0 Å². The summed E-state index contributed by atoms with van der Waals surface area (Å²) in [6, 6.07) is 1.83. The average Bonchev–Trinajstić information content (AvgIpc) is 2.24. The van der Waals surface area contributed by atoms with Gasteiger partial charge in [-0.15, -0.1) is 0 Å². The Kier molecular flexibility index (Phi) is 4.83. The summed E-state index contributed by atoms with van der Waals surface area (Å²) < 4.78 is 0. The van der Waals surface area contributed by atoms with Gasteiger partial charge in [0.05, 0.1) is 6.10 Å². The highest BCUT2D eigenvalue weighted by Crippen LogP contribution is 2.08. The molecule has 1 aromatic heterocycles. The van der Waals surface area contributed by atoms with Crippen molar-refractivity contribution in [3.63, 3.8) is 0 Å². The van der Waals surface area contributed by atoms with Gasteiger partial charge in [-0.3, -0.25) is 0 Å². The van der Waals surface area contributed by atoms with Crippen LogP contribution < -0.4 is 10.6 Å². The van der Waals surface area contributed by atoms with Gasteiger partial charge in [0.1, 0.15) is 18.0 Å². The molecule has 84 valence electrons. The molecule has 0 aliphatic rings. The Morgan fingerprint density at radius 3 is 2.60 bits per heavy atom. The van der Waals surface area contributed by atoms with Crippen LogP contribution in [0.5, 0.6) is 0 Å². The molecule has 5 heteroatoms. The zero-order valence-corrected chi connectivity index (χ0v) is 9.20. The minimum absolute atomic E-state index is 0.382. The Labute approximate surface area is 90.0 Å². The quantitative estimate of drug-likeness (QED) is 0.655. The van der Waals surface area contributed by atoms with Crippen molar-refractivity contribution in [2.75, 3.05) is 23.7 Å². The van der Waals surface area contributed by atoms with Crippen molar-refractivity contribution in [2.24, 2.45) is 0 Å². The van der Waals surface area contributed by atoms with E-state index in [9.17, 15) is 0 Å². The van der Waals surface area contributed by atoms with Crippen molar-refractivity contribution in [1.82, 2.24) is 9.97 Å². The number of nitrogens with zero attached hydrogens (tertiary/aromatic N) is 2. The standard InChI is InChI=1S/C10H18N4O/c1-3-4-11-9-5-10(14-7-13-9)12-6-8(2)15/h5,7-8,15H,3-4,6H2,1-2H3,(H2,11,12,13,14). The van der Waals surface area contributed by atoms with Crippen molar-refractivity contribution >= 4 is 11.6 Å². The molecule has 0 aromatic carbocycles. The molecule has 1 heterocycles. The van der Waals surface area contributed by atoms with E-state index >= 15 is 0 Å². The van der Waals surface area contributed by atoms with Crippen molar-refractivity contribution in [1.29, 1.82) is 0 Å². The van der Waals surface area contributed by atoms with E-state index in [0.29, 0.717) is 6.54 Å². The van der Waals surface area contributed by atoms with Crippen LogP contribution >= 0.6 is 0 Å². The zero-order chi connectivity index (χ0) is 11.1. The van der Waals surface area contributed by atoms with Crippen LogP contribution in [0.3, 0.4) is 0 Å². The molecule has 5 nitrogen and oxygen atoms in total. The van der Waals surface area contributed by atoms with Gasteiger partial charge < -0.3 is 15.7 Å². The third-order valence-corrected chi connectivity index (χ3v) is 1.80. The minimum atomic E-state index is -0.382. The normalized spacial score (nSPS) is 12.2. The molecular weight excluding hydrogens is 192 g/mol. The molecule has 1 atom stereocenters. The molecule has 0 saturated heterocycles. The maximum Gasteiger partial charge on any atom is 0.131 e. The minimum Gasteiger partial charge on any atom is -0.392 e. The topological polar surface area (TPSA) is 70.1 Å². The van der Waals surface area contributed by atoms with Gasteiger partial charge in [-0.05, 0) is 13.3 Å². The maximum absolute atomic E-state index is 9.10. The van der Waals surface area contributed by atoms with E-state index in [1.54, 1.807) is 6.92 Å². The number of aliphatic hydroxyl groups excluding tert-OH is 1. The number of anilines is 2. The summed E-state index contributed by atoms with van der Waals surface area (Å²) in [7, 11) is 0. The van der Waals surface area contributed by atoms with Gasteiger partial charge in [0.25, 0.3) is 0 Å². The van der Waals surface area contributed by atoms with Crippen LogP contribution in [0.2, 0.25) is 0 Å². The summed E-state index contributed by atoms with van der Waals surface area (Å²) in [4.78, 5) is 8.13. The van der Waals surface area contributed by atoms with E-state index in [1.165, 1.54) is 6.33 Å². The molecule has 0 aliphatic heterocycles. The molecule has 15 heavy (non-hydrogen) atoms. The van der Waals surface area contributed by atoms with Gasteiger partial charge >= 0.3 is 0 Å². The molecular formula is C10H18N4O. The monoisotopic (exact) mass is 210 g/mol. The summed E-state index contributed by atoms with van der Waals surface area (Å²) in [6.07, 6.45) is 2.18. The smallest absolute Gasteiger partial charge is 0.131 e. The van der Waals surface area contributed by atoms with Crippen LogP contribution in [-0.2, 0) is 0 Å². The molecule has 1 unspecified atom stereocenters. The second kappa shape index (κ2) is 6.19. The number of aliphatic hydroxyl groups is 1. The van der Waals surface area contributed by atoms with E-state index in [-0.39, 0.29) is 6.10 Å². The van der Waals surface area contributed by atoms with Gasteiger partial charge in [-0.25, -0.2) is 9.97 Å². The number of aromatic nitrogens is 2. The predicted octanol–water partition coefficient (Wildman–Crippen LogP) is 1.09. The van der Waals surface area contributed by atoms with Crippen LogP contribution in [0, 0.1) is 0 Å². The van der Waals surface area contributed by atoms with E-state index in [2.05, 4.69) is 27.5 Å². The van der Waals surface area contributed by atoms with E-state index in [0.717, 1.165) is 24.6 Å². The second-order valence-corrected chi connectivity index (χ2v) is 3.45. The van der Waals surface area contributed by atoms with Gasteiger partial charge in [-0.2, -0.15) is 0 Å². The van der Waals surface area contributed by atoms with Crippen molar-refractivity contribution < 1.29 is 5.11 Å². The SMILES string of the molecule is CCCNc1cc(NCC(C)O)ncn1. The highest BCUT2D eigenvalue weighted by atomic mass is 16.3. The third-order valence-electron chi connectivity index (χ3n) is 1.80. The lowest BCUT2D eigenvalue weighted by molar-refractivity contribution is 0.208. The summed E-state index contributed by atoms with van der Waals surface area (Å²) in [5.41, 5.74) is 0. The van der Waals surface area contributed by atoms with Gasteiger partial charge in [-0.1, -0.05) is 6.92 Å². The fourth-order valence-corrected chi connectivity index (χ4v) is 1.06. The molecule has 0 radical (unpaired) electrons. The van der Waals surface area contributed by atoms with Crippen LogP contribution in [0.25, 0.3) is 0 Å². The molecule has 1 aromatic rings. The van der Waals surface area contributed by atoms with Crippen LogP contribution in [0.4, 0.5) is 11.6 Å². The van der Waals surface area contributed by atoms with Crippen LogP contribution in [0.15, 0.2) is 12.4 Å². The first kappa shape index (κ1) is 11.7. The highest BCUT2D eigenvalue weighted by Gasteiger charge is 1.99. The molecule has 0 amide bonds. The number of rotatable bonds is 6. The third kappa shape index (κ3) is 4.60. The van der Waals surface area contributed by atoms with Crippen LogP contribution in [-0.4, -0.2) is 34.3 Å². The van der Waals surface area contributed by atoms with Crippen molar-refractivity contribution in [3.05, 3.63) is 12.4 Å². The fourth-order valence-electron chi connectivity index (χ4n) is 1.06. The highest BCUT2D eigenvalue weighted by molar-refractivity contribution is 5.46. The van der Waals surface area contributed by atoms with Gasteiger partial charge in [0.2, 0.25) is 0 Å². The van der Waals surface area contributed by atoms with Crippen molar-refractivity contribution in [3.8, 4) is 0 Å². The molecule has 1 rings (SSSR count). The molecule has 0 saturated carbocycles. The molecule has 0 bridgehead atoms. The Hall–Kier alpha value is -1.36. The van der Waals surface area contributed by atoms with Crippen molar-refractivity contribution in [2.45, 2.75) is 26.4 Å². The number of hydrogen-bond donors (Lipinski definition) is 3. The summed E-state index contributed by atoms with van der Waals surface area (Å²) in [5.74, 6) is 1.53. The maximum atomic E-state index is 9.10. The molecule has 0 fully saturated rings. The van der Waals surface area contributed by atoms with Crippen LogP contribution in [0.1, 0.15) is 20.3 Å². The first-order valence-electron chi connectivity index (χ1n) is 5.20. The summed E-state index contributed by atoms with van der Waals surface area (Å²) in [5, 5.41) is 15.3. The zero-order valence-electron chi connectivity index (χ0n) is 9.20. The second-order valence-electron chi connectivity index (χ2n) is 3.45. The Morgan fingerprint density at radius 2 is 2.00 bits per heavy atom. The fraction of sp³-hybridized carbons (Fsp3) is 0.600. The molecule has 0 aliphatic carbocycles. The Balaban J connectivity index is 2.50. The van der Waals surface area contributed by atoms with Gasteiger partial charge in [0, 0.05) is 19.2 Å². The van der Waals surface area contributed by atoms with E-state index in [4.69, 9.17) is 5.11 Å². The first-order chi connectivity index (χ1) is 7.22. The summed E-state index contributed by atoms with van der Waals surface area (Å²) >= 11 is 0.